The van der Waals surface area contributed by atoms with Gasteiger partial charge < -0.3 is 9.73 Å². The van der Waals surface area contributed by atoms with Gasteiger partial charge in [0.1, 0.15) is 5.76 Å². The molecule has 108 valence electrons. The van der Waals surface area contributed by atoms with Gasteiger partial charge in [-0.15, -0.1) is 0 Å². The van der Waals surface area contributed by atoms with Crippen LogP contribution in [-0.4, -0.2) is 33.0 Å². The second-order valence-corrected chi connectivity index (χ2v) is 7.30. The topological polar surface area (TPSA) is 71.3 Å². The molecule has 1 fully saturated rings. The third-order valence-electron chi connectivity index (χ3n) is 2.86. The van der Waals surface area contributed by atoms with E-state index in [-0.39, 0.29) is 5.09 Å². The van der Waals surface area contributed by atoms with Gasteiger partial charge in [0.15, 0.2) is 0 Å². The molecule has 1 aromatic heterocycles. The molecule has 0 aliphatic heterocycles. The molecule has 2 rings (SSSR count). The van der Waals surface area contributed by atoms with Crippen molar-refractivity contribution in [3.63, 3.8) is 0 Å². The lowest BCUT2D eigenvalue weighted by atomic mass is 10.4. The first-order valence-corrected chi connectivity index (χ1v) is 9.30. The molecule has 0 spiro atoms. The Morgan fingerprint density at radius 2 is 2.21 bits per heavy atom. The summed E-state index contributed by atoms with van der Waals surface area (Å²) in [6.07, 6.45) is 5.21. The van der Waals surface area contributed by atoms with Crippen LogP contribution < -0.4 is 10.0 Å². The molecule has 0 bridgehead atoms. The van der Waals surface area contributed by atoms with E-state index >= 15 is 0 Å². The molecule has 1 heterocycles. The van der Waals surface area contributed by atoms with Crippen LogP contribution >= 0.6 is 11.8 Å². The minimum absolute atomic E-state index is 0.00393. The van der Waals surface area contributed by atoms with Crippen molar-refractivity contribution >= 4 is 21.8 Å². The average molecular weight is 304 g/mol. The van der Waals surface area contributed by atoms with E-state index in [9.17, 15) is 8.42 Å². The van der Waals surface area contributed by atoms with Crippen LogP contribution in [0.15, 0.2) is 21.6 Å². The van der Waals surface area contributed by atoms with E-state index in [0.717, 1.165) is 12.2 Å². The number of thioether (sulfide) groups is 1. The van der Waals surface area contributed by atoms with Crippen LogP contribution in [0.3, 0.4) is 0 Å². The standard InChI is InChI=1S/C12H20N2O3S2/c1-18-8-2-7-14-19(15,16)12-6-5-11(17-12)9-13-10-3-4-10/h5-6,10,13-14H,2-4,7-9H2,1H3. The zero-order valence-electron chi connectivity index (χ0n) is 11.0. The van der Waals surface area contributed by atoms with Crippen molar-refractivity contribution in [2.75, 3.05) is 18.6 Å². The van der Waals surface area contributed by atoms with E-state index in [4.69, 9.17) is 4.42 Å². The molecule has 1 aliphatic rings. The van der Waals surface area contributed by atoms with E-state index in [0.29, 0.717) is 24.9 Å². The highest BCUT2D eigenvalue weighted by Crippen LogP contribution is 2.20. The van der Waals surface area contributed by atoms with Crippen molar-refractivity contribution in [1.82, 2.24) is 10.0 Å². The zero-order valence-corrected chi connectivity index (χ0v) is 12.6. The van der Waals surface area contributed by atoms with Crippen molar-refractivity contribution in [3.05, 3.63) is 17.9 Å². The summed E-state index contributed by atoms with van der Waals surface area (Å²) in [6.45, 7) is 1.03. The van der Waals surface area contributed by atoms with Gasteiger partial charge in [0.2, 0.25) is 5.09 Å². The lowest BCUT2D eigenvalue weighted by Gasteiger charge is -2.03. The van der Waals surface area contributed by atoms with Crippen molar-refractivity contribution in [2.45, 2.75) is 36.9 Å². The van der Waals surface area contributed by atoms with Gasteiger partial charge in [-0.05, 0) is 43.4 Å². The monoisotopic (exact) mass is 304 g/mol. The van der Waals surface area contributed by atoms with Crippen LogP contribution in [0.5, 0.6) is 0 Å². The summed E-state index contributed by atoms with van der Waals surface area (Å²) >= 11 is 1.70. The highest BCUT2D eigenvalue weighted by atomic mass is 32.2. The largest absolute Gasteiger partial charge is 0.447 e. The van der Waals surface area contributed by atoms with Crippen LogP contribution in [0, 0.1) is 0 Å². The van der Waals surface area contributed by atoms with Gasteiger partial charge in [-0.25, -0.2) is 13.1 Å². The Bertz CT molecular complexity index is 495. The molecule has 0 amide bonds. The molecule has 19 heavy (non-hydrogen) atoms. The van der Waals surface area contributed by atoms with Gasteiger partial charge in [-0.3, -0.25) is 0 Å². The number of hydrogen-bond donors (Lipinski definition) is 2. The maximum absolute atomic E-state index is 11.9. The van der Waals surface area contributed by atoms with Gasteiger partial charge >= 0.3 is 0 Å². The van der Waals surface area contributed by atoms with Crippen molar-refractivity contribution in [2.24, 2.45) is 0 Å². The smallest absolute Gasteiger partial charge is 0.273 e. The Kier molecular flexibility index (Phi) is 5.32. The predicted octanol–water partition coefficient (Wildman–Crippen LogP) is 1.56. The Morgan fingerprint density at radius 1 is 1.42 bits per heavy atom. The summed E-state index contributed by atoms with van der Waals surface area (Å²) in [5.41, 5.74) is 0. The van der Waals surface area contributed by atoms with Crippen molar-refractivity contribution in [1.29, 1.82) is 0 Å². The molecule has 0 unspecified atom stereocenters. The molecule has 1 saturated carbocycles. The van der Waals surface area contributed by atoms with Crippen LogP contribution in [-0.2, 0) is 16.6 Å². The average Bonchev–Trinajstić information content (AvgIpc) is 3.08. The molecule has 5 nitrogen and oxygen atoms in total. The minimum Gasteiger partial charge on any atom is -0.447 e. The lowest BCUT2D eigenvalue weighted by Crippen LogP contribution is -2.24. The zero-order chi connectivity index (χ0) is 13.7. The molecule has 0 radical (unpaired) electrons. The van der Waals surface area contributed by atoms with Gasteiger partial charge in [-0.2, -0.15) is 11.8 Å². The van der Waals surface area contributed by atoms with Crippen LogP contribution in [0.2, 0.25) is 0 Å². The van der Waals surface area contributed by atoms with Gasteiger partial charge in [0.25, 0.3) is 10.0 Å². The Hall–Kier alpha value is -0.500. The summed E-state index contributed by atoms with van der Waals surface area (Å²) in [7, 11) is -3.50. The molecule has 1 aromatic rings. The van der Waals surface area contributed by atoms with Crippen LogP contribution in [0.1, 0.15) is 25.0 Å². The van der Waals surface area contributed by atoms with E-state index in [1.807, 2.05) is 6.26 Å². The van der Waals surface area contributed by atoms with Gasteiger partial charge in [-0.1, -0.05) is 0 Å². The molecular weight excluding hydrogens is 284 g/mol. The fourth-order valence-electron chi connectivity index (χ4n) is 1.62. The molecule has 0 saturated heterocycles. The number of furan rings is 1. The van der Waals surface area contributed by atoms with Crippen molar-refractivity contribution in [3.8, 4) is 0 Å². The Morgan fingerprint density at radius 3 is 2.89 bits per heavy atom. The summed E-state index contributed by atoms with van der Waals surface area (Å²) in [5, 5.41) is 3.29. The maximum Gasteiger partial charge on any atom is 0.273 e. The minimum atomic E-state index is -3.50. The summed E-state index contributed by atoms with van der Waals surface area (Å²) in [5.74, 6) is 1.61. The van der Waals surface area contributed by atoms with Crippen LogP contribution in [0.25, 0.3) is 0 Å². The molecule has 0 atom stereocenters. The second-order valence-electron chi connectivity index (χ2n) is 4.62. The molecule has 0 aromatic carbocycles. The molecule has 7 heteroatoms. The third kappa shape index (κ3) is 4.83. The second kappa shape index (κ2) is 6.78. The van der Waals surface area contributed by atoms with E-state index < -0.39 is 10.0 Å². The fourth-order valence-corrected chi connectivity index (χ4v) is 3.08. The fraction of sp³-hybridized carbons (Fsp3) is 0.667. The number of sulfonamides is 1. The highest BCUT2D eigenvalue weighted by Gasteiger charge is 2.22. The number of hydrogen-bond acceptors (Lipinski definition) is 5. The summed E-state index contributed by atoms with van der Waals surface area (Å²) < 4.78 is 31.8. The quantitative estimate of drug-likeness (QED) is 0.678. The van der Waals surface area contributed by atoms with Crippen LogP contribution in [0.4, 0.5) is 0 Å². The SMILES string of the molecule is CSCCCNS(=O)(=O)c1ccc(CNC2CC2)o1. The van der Waals surface area contributed by atoms with Gasteiger partial charge in [0, 0.05) is 12.6 Å². The molecular formula is C12H20N2O3S2. The van der Waals surface area contributed by atoms with E-state index in [1.165, 1.54) is 18.9 Å². The number of nitrogens with one attached hydrogen (secondary N) is 2. The number of rotatable bonds is 9. The highest BCUT2D eigenvalue weighted by molar-refractivity contribution is 7.98. The van der Waals surface area contributed by atoms with Crippen molar-refractivity contribution < 1.29 is 12.8 Å². The van der Waals surface area contributed by atoms with Gasteiger partial charge in [0.05, 0.1) is 6.54 Å². The molecule has 2 N–H and O–H groups in total. The molecule has 1 aliphatic carbocycles. The maximum atomic E-state index is 11.9. The summed E-state index contributed by atoms with van der Waals surface area (Å²) in [6, 6.07) is 3.81. The predicted molar refractivity (Wildman–Crippen MR) is 76.8 cm³/mol. The normalized spacial score (nSPS) is 15.8. The van der Waals surface area contributed by atoms with E-state index in [1.54, 1.807) is 17.8 Å². The lowest BCUT2D eigenvalue weighted by molar-refractivity contribution is 0.399. The first-order valence-electron chi connectivity index (χ1n) is 6.42. The first kappa shape index (κ1) is 14.9. The Labute approximate surface area is 118 Å². The van der Waals surface area contributed by atoms with E-state index in [2.05, 4.69) is 10.0 Å². The first-order chi connectivity index (χ1) is 9.12. The summed E-state index contributed by atoms with van der Waals surface area (Å²) in [4.78, 5) is 0. The third-order valence-corrected chi connectivity index (χ3v) is 4.89. The Balaban J connectivity index is 1.84.